The van der Waals surface area contributed by atoms with Crippen LogP contribution in [0.5, 0.6) is 0 Å². The fourth-order valence-corrected chi connectivity index (χ4v) is 3.96. The fourth-order valence-electron chi connectivity index (χ4n) is 2.92. The number of anilines is 2. The van der Waals surface area contributed by atoms with Crippen LogP contribution in [0.25, 0.3) is 20.8 Å². The maximum absolute atomic E-state index is 4.80. The summed E-state index contributed by atoms with van der Waals surface area (Å²) >= 11 is 1.76. The Kier molecular flexibility index (Phi) is 4.54. The summed E-state index contributed by atoms with van der Waals surface area (Å²) in [6, 6.07) is 20.8. The first-order chi connectivity index (χ1) is 13.0. The Morgan fingerprint density at radius 1 is 0.778 bits per heavy atom. The second kappa shape index (κ2) is 7.00. The predicted octanol–water partition coefficient (Wildman–Crippen LogP) is 4.77. The van der Waals surface area contributed by atoms with E-state index in [2.05, 4.69) is 66.4 Å². The van der Waals surface area contributed by atoms with Crippen molar-refractivity contribution in [3.8, 4) is 10.6 Å². The van der Waals surface area contributed by atoms with E-state index >= 15 is 0 Å². The highest BCUT2D eigenvalue weighted by Crippen LogP contribution is 2.31. The molecule has 0 unspecified atom stereocenters. The molecule has 0 saturated carbocycles. The number of hydrogen-bond donors (Lipinski definition) is 0. The Hall–Kier alpha value is -2.92. The van der Waals surface area contributed by atoms with Crippen molar-refractivity contribution in [2.24, 2.45) is 4.99 Å². The molecule has 0 radical (unpaired) electrons. The van der Waals surface area contributed by atoms with Gasteiger partial charge in [0.25, 0.3) is 0 Å². The van der Waals surface area contributed by atoms with Crippen molar-refractivity contribution in [1.29, 1.82) is 0 Å². The molecule has 0 atom stereocenters. The van der Waals surface area contributed by atoms with E-state index in [0.717, 1.165) is 27.1 Å². The van der Waals surface area contributed by atoms with Gasteiger partial charge in [0, 0.05) is 39.6 Å². The molecule has 2 aliphatic rings. The molecule has 1 aliphatic carbocycles. The van der Waals surface area contributed by atoms with Gasteiger partial charge in [-0.1, -0.05) is 0 Å². The third-order valence-corrected chi connectivity index (χ3v) is 5.58. The van der Waals surface area contributed by atoms with Gasteiger partial charge >= 0.3 is 0 Å². The monoisotopic (exact) mass is 374 g/mol. The van der Waals surface area contributed by atoms with E-state index in [-0.39, 0.29) is 0 Å². The lowest BCUT2D eigenvalue weighted by atomic mass is 10.2. The first kappa shape index (κ1) is 17.5. The zero-order valence-electron chi connectivity index (χ0n) is 16.0. The summed E-state index contributed by atoms with van der Waals surface area (Å²) in [5.41, 5.74) is 5.34. The molecule has 4 rings (SSSR count). The zero-order chi connectivity index (χ0) is 19.0. The summed E-state index contributed by atoms with van der Waals surface area (Å²) in [6.07, 6.45) is 0. The lowest BCUT2D eigenvalue weighted by Gasteiger charge is -2.13. The first-order valence-corrected chi connectivity index (χ1v) is 9.65. The molecule has 136 valence electrons. The van der Waals surface area contributed by atoms with Gasteiger partial charge in [-0.15, -0.1) is 11.3 Å². The maximum Gasteiger partial charge on any atom is 0.0811 e. The van der Waals surface area contributed by atoms with E-state index in [0.29, 0.717) is 0 Å². The average Bonchev–Trinajstić information content (AvgIpc) is 2.66. The van der Waals surface area contributed by atoms with Crippen LogP contribution in [0.4, 0.5) is 17.1 Å². The van der Waals surface area contributed by atoms with Gasteiger partial charge in [0.2, 0.25) is 0 Å². The van der Waals surface area contributed by atoms with Gasteiger partial charge in [-0.2, -0.15) is 0 Å². The second-order valence-corrected chi connectivity index (χ2v) is 8.02. The largest absolute Gasteiger partial charge is 0.378 e. The Morgan fingerprint density at radius 3 is 2.19 bits per heavy atom. The summed E-state index contributed by atoms with van der Waals surface area (Å²) < 4.78 is 1.18. The SMILES string of the molecule is CN(C)c1ccc(/N=c2\ccc3nc4ccc(N(C)C)cc4sc-3c2)cc1. The molecular weight excluding hydrogens is 352 g/mol. The number of rotatable bonds is 3. The molecule has 4 nitrogen and oxygen atoms in total. The van der Waals surface area contributed by atoms with E-state index in [9.17, 15) is 0 Å². The van der Waals surface area contributed by atoms with Crippen molar-refractivity contribution in [3.05, 3.63) is 66.0 Å². The maximum atomic E-state index is 4.80. The third kappa shape index (κ3) is 3.64. The summed E-state index contributed by atoms with van der Waals surface area (Å²) in [5, 5.41) is 0.946. The number of nitrogens with zero attached hydrogens (tertiary/aromatic N) is 4. The van der Waals surface area contributed by atoms with Crippen LogP contribution in [0.1, 0.15) is 0 Å². The van der Waals surface area contributed by atoms with Gasteiger partial charge < -0.3 is 9.80 Å². The number of benzene rings is 3. The van der Waals surface area contributed by atoms with E-state index < -0.39 is 0 Å². The molecule has 0 N–H and O–H groups in total. The van der Waals surface area contributed by atoms with E-state index in [1.165, 1.54) is 16.1 Å². The Labute approximate surface area is 163 Å². The van der Waals surface area contributed by atoms with Crippen molar-refractivity contribution >= 4 is 38.6 Å². The molecule has 0 fully saturated rings. The fraction of sp³-hybridized carbons (Fsp3) is 0.182. The van der Waals surface area contributed by atoms with E-state index in [4.69, 9.17) is 9.98 Å². The summed E-state index contributed by atoms with van der Waals surface area (Å²) in [7, 11) is 8.18. The van der Waals surface area contributed by atoms with Gasteiger partial charge in [0.1, 0.15) is 0 Å². The molecule has 2 aromatic rings. The molecule has 0 aromatic heterocycles. The average molecular weight is 375 g/mol. The standard InChI is InChI=1S/C22H22N4S/c1-25(2)17-8-5-15(6-9-17)23-16-7-11-19-21(13-16)27-22-14-18(26(3)4)10-12-20(22)24-19/h5-14H,1-4H3/b23-16+. The Morgan fingerprint density at radius 2 is 1.48 bits per heavy atom. The van der Waals surface area contributed by atoms with Crippen LogP contribution in [-0.2, 0) is 0 Å². The van der Waals surface area contributed by atoms with E-state index in [1.54, 1.807) is 11.3 Å². The molecule has 0 amide bonds. The van der Waals surface area contributed by atoms with Crippen LogP contribution in [0.2, 0.25) is 0 Å². The van der Waals surface area contributed by atoms with Gasteiger partial charge in [-0.05, 0) is 60.7 Å². The van der Waals surface area contributed by atoms with Crippen molar-refractivity contribution in [2.75, 3.05) is 38.0 Å². The molecule has 5 heteroatoms. The minimum absolute atomic E-state index is 0.946. The van der Waals surface area contributed by atoms with Gasteiger partial charge in [0.05, 0.1) is 31.8 Å². The summed E-state index contributed by atoms with van der Waals surface area (Å²) in [4.78, 5) is 14.9. The van der Waals surface area contributed by atoms with Crippen molar-refractivity contribution in [2.45, 2.75) is 0 Å². The topological polar surface area (TPSA) is 31.7 Å². The van der Waals surface area contributed by atoms with Crippen LogP contribution in [0.15, 0.2) is 65.7 Å². The Balaban J connectivity index is 1.78. The molecule has 0 spiro atoms. The highest BCUT2D eigenvalue weighted by molar-refractivity contribution is 7.21. The van der Waals surface area contributed by atoms with Crippen molar-refractivity contribution in [1.82, 2.24) is 4.98 Å². The molecule has 0 bridgehead atoms. The van der Waals surface area contributed by atoms with Crippen molar-refractivity contribution < 1.29 is 0 Å². The predicted molar refractivity (Wildman–Crippen MR) is 117 cm³/mol. The van der Waals surface area contributed by atoms with Gasteiger partial charge in [-0.25, -0.2) is 9.98 Å². The second-order valence-electron chi connectivity index (χ2n) is 6.93. The third-order valence-electron chi connectivity index (χ3n) is 4.49. The first-order valence-electron chi connectivity index (χ1n) is 8.84. The van der Waals surface area contributed by atoms with Crippen LogP contribution in [-0.4, -0.2) is 33.2 Å². The summed E-state index contributed by atoms with van der Waals surface area (Å²) in [5.74, 6) is 0. The number of fused-ring (bicyclic) bond motifs is 2. The van der Waals surface area contributed by atoms with Crippen LogP contribution >= 0.6 is 11.3 Å². The van der Waals surface area contributed by atoms with Crippen LogP contribution in [0, 0.1) is 0 Å². The highest BCUT2D eigenvalue weighted by atomic mass is 32.1. The van der Waals surface area contributed by atoms with Crippen LogP contribution in [0.3, 0.4) is 0 Å². The zero-order valence-corrected chi connectivity index (χ0v) is 16.8. The number of hydrogen-bond acceptors (Lipinski definition) is 5. The lowest BCUT2D eigenvalue weighted by Crippen LogP contribution is -2.08. The minimum atomic E-state index is 0.946. The highest BCUT2D eigenvalue weighted by Gasteiger charge is 2.08. The molecule has 0 saturated heterocycles. The molecular formula is C22H22N4S. The van der Waals surface area contributed by atoms with Crippen LogP contribution < -0.4 is 15.2 Å². The molecule has 1 aliphatic heterocycles. The van der Waals surface area contributed by atoms with Crippen molar-refractivity contribution in [3.63, 3.8) is 0 Å². The minimum Gasteiger partial charge on any atom is -0.378 e. The number of aromatic nitrogens is 1. The van der Waals surface area contributed by atoms with Gasteiger partial charge in [0.15, 0.2) is 0 Å². The van der Waals surface area contributed by atoms with Gasteiger partial charge in [-0.3, -0.25) is 0 Å². The molecule has 2 aromatic carbocycles. The Bertz CT molecular complexity index is 1130. The normalized spacial score (nSPS) is 11.9. The smallest absolute Gasteiger partial charge is 0.0811 e. The lowest BCUT2D eigenvalue weighted by molar-refractivity contribution is 1.13. The molecule has 27 heavy (non-hydrogen) atoms. The van der Waals surface area contributed by atoms with E-state index in [1.807, 2.05) is 32.3 Å². The quantitative estimate of drug-likeness (QED) is 0.484. The summed E-state index contributed by atoms with van der Waals surface area (Å²) in [6.45, 7) is 0. The molecule has 1 heterocycles.